The number of ether oxygens (including phenoxy) is 1. The minimum Gasteiger partial charge on any atom is -0.494 e. The van der Waals surface area contributed by atoms with E-state index in [2.05, 4.69) is 6.92 Å². The molecular weight excluding hydrogens is 270 g/mol. The van der Waals surface area contributed by atoms with Crippen LogP contribution in [0.1, 0.15) is 50.5 Å². The van der Waals surface area contributed by atoms with Gasteiger partial charge < -0.3 is 15.6 Å². The minimum atomic E-state index is -1.05. The second-order valence-corrected chi connectivity index (χ2v) is 5.04. The molecule has 0 radical (unpaired) electrons. The molecule has 0 spiro atoms. The molecule has 5 nitrogen and oxygen atoms in total. The molecule has 0 aliphatic heterocycles. The molecule has 21 heavy (non-hydrogen) atoms. The summed E-state index contributed by atoms with van der Waals surface area (Å²) in [6.45, 7) is 2.81. The van der Waals surface area contributed by atoms with Crippen LogP contribution in [0.4, 0.5) is 0 Å². The second-order valence-electron chi connectivity index (χ2n) is 5.04. The molecule has 0 bridgehead atoms. The van der Waals surface area contributed by atoms with Crippen molar-refractivity contribution in [1.29, 1.82) is 0 Å². The third-order valence-corrected chi connectivity index (χ3v) is 3.25. The molecule has 116 valence electrons. The number of carbonyl (C=O) groups is 2. The summed E-state index contributed by atoms with van der Waals surface area (Å²) < 4.78 is 5.59. The number of aliphatic carboxylic acids is 1. The van der Waals surface area contributed by atoms with Crippen molar-refractivity contribution < 1.29 is 19.4 Å². The Morgan fingerprint density at radius 3 is 2.38 bits per heavy atom. The van der Waals surface area contributed by atoms with E-state index in [9.17, 15) is 9.59 Å². The van der Waals surface area contributed by atoms with Crippen molar-refractivity contribution in [3.8, 4) is 5.75 Å². The van der Waals surface area contributed by atoms with Gasteiger partial charge in [0, 0.05) is 6.42 Å². The molecule has 1 atom stereocenters. The monoisotopic (exact) mass is 293 g/mol. The number of nitrogens with two attached hydrogens (primary N) is 1. The molecule has 0 aliphatic rings. The van der Waals surface area contributed by atoms with Crippen LogP contribution < -0.4 is 10.5 Å². The first-order chi connectivity index (χ1) is 10.0. The summed E-state index contributed by atoms with van der Waals surface area (Å²) in [5.74, 6) is -1.87. The third-order valence-electron chi connectivity index (χ3n) is 3.25. The standard InChI is InChI=1S/C16H23NO4/c1-2-3-4-5-10-21-13-8-6-12(7-9-13)14(16(19)20)11-15(17)18/h6-9,14H,2-5,10-11H2,1H3,(H2,17,18)(H,19,20)/t14-/m0/s1. The average Bonchev–Trinajstić information content (AvgIpc) is 2.45. The van der Waals surface area contributed by atoms with Crippen molar-refractivity contribution in [2.75, 3.05) is 6.61 Å². The maximum atomic E-state index is 11.2. The van der Waals surface area contributed by atoms with Crippen LogP contribution in [0.2, 0.25) is 0 Å². The molecule has 0 aromatic heterocycles. The maximum Gasteiger partial charge on any atom is 0.311 e. The van der Waals surface area contributed by atoms with E-state index in [1.165, 1.54) is 12.8 Å². The van der Waals surface area contributed by atoms with Crippen molar-refractivity contribution in [3.63, 3.8) is 0 Å². The van der Waals surface area contributed by atoms with Gasteiger partial charge in [0.15, 0.2) is 0 Å². The van der Waals surface area contributed by atoms with Gasteiger partial charge in [0.1, 0.15) is 5.75 Å². The van der Waals surface area contributed by atoms with Gasteiger partial charge in [-0.1, -0.05) is 38.3 Å². The van der Waals surface area contributed by atoms with Gasteiger partial charge >= 0.3 is 5.97 Å². The van der Waals surface area contributed by atoms with Crippen LogP contribution in [0, 0.1) is 0 Å². The zero-order valence-electron chi connectivity index (χ0n) is 12.4. The van der Waals surface area contributed by atoms with Gasteiger partial charge in [-0.25, -0.2) is 0 Å². The number of carboxylic acid groups (broad SMARTS) is 1. The largest absolute Gasteiger partial charge is 0.494 e. The molecule has 0 aliphatic carbocycles. The first kappa shape index (κ1) is 17.0. The van der Waals surface area contributed by atoms with Crippen LogP contribution in [0.15, 0.2) is 24.3 Å². The number of hydrogen-bond donors (Lipinski definition) is 2. The summed E-state index contributed by atoms with van der Waals surface area (Å²) >= 11 is 0. The quantitative estimate of drug-likeness (QED) is 0.649. The summed E-state index contributed by atoms with van der Waals surface area (Å²) in [5.41, 5.74) is 5.63. The zero-order chi connectivity index (χ0) is 15.7. The Hall–Kier alpha value is -2.04. The Morgan fingerprint density at radius 1 is 1.19 bits per heavy atom. The normalized spacial score (nSPS) is 11.9. The predicted molar refractivity (Wildman–Crippen MR) is 80.3 cm³/mol. The Bertz CT molecular complexity index is 456. The predicted octanol–water partition coefficient (Wildman–Crippen LogP) is 2.69. The van der Waals surface area contributed by atoms with Crippen molar-refractivity contribution >= 4 is 11.9 Å². The van der Waals surface area contributed by atoms with Crippen LogP contribution in [0.25, 0.3) is 0 Å². The van der Waals surface area contributed by atoms with Gasteiger partial charge in [0.05, 0.1) is 12.5 Å². The van der Waals surface area contributed by atoms with Crippen LogP contribution in [-0.2, 0) is 9.59 Å². The van der Waals surface area contributed by atoms with Crippen LogP contribution in [-0.4, -0.2) is 23.6 Å². The highest BCUT2D eigenvalue weighted by atomic mass is 16.5. The Kier molecular flexibility index (Phi) is 7.29. The van der Waals surface area contributed by atoms with E-state index in [1.807, 2.05) is 0 Å². The van der Waals surface area contributed by atoms with E-state index < -0.39 is 17.8 Å². The first-order valence-corrected chi connectivity index (χ1v) is 7.28. The molecule has 3 N–H and O–H groups in total. The molecule has 1 rings (SSSR count). The highest BCUT2D eigenvalue weighted by molar-refractivity contribution is 5.84. The number of carboxylic acids is 1. The Balaban J connectivity index is 2.55. The molecule has 1 amide bonds. The van der Waals surface area contributed by atoms with E-state index in [0.29, 0.717) is 17.9 Å². The van der Waals surface area contributed by atoms with Crippen LogP contribution in [0.5, 0.6) is 5.75 Å². The lowest BCUT2D eigenvalue weighted by molar-refractivity contribution is -0.140. The van der Waals surface area contributed by atoms with Crippen molar-refractivity contribution in [2.24, 2.45) is 5.73 Å². The van der Waals surface area contributed by atoms with E-state index >= 15 is 0 Å². The number of unbranched alkanes of at least 4 members (excludes halogenated alkanes) is 3. The maximum absolute atomic E-state index is 11.2. The summed E-state index contributed by atoms with van der Waals surface area (Å²) in [7, 11) is 0. The molecule has 1 aromatic carbocycles. The molecule has 0 heterocycles. The van der Waals surface area contributed by atoms with Gasteiger partial charge in [0.25, 0.3) is 0 Å². The van der Waals surface area contributed by atoms with Gasteiger partial charge in [-0.15, -0.1) is 0 Å². The SMILES string of the molecule is CCCCCCOc1ccc([C@H](CC(N)=O)C(=O)O)cc1. The van der Waals surface area contributed by atoms with E-state index in [0.717, 1.165) is 12.8 Å². The smallest absolute Gasteiger partial charge is 0.311 e. The van der Waals surface area contributed by atoms with E-state index in [4.69, 9.17) is 15.6 Å². The van der Waals surface area contributed by atoms with E-state index in [-0.39, 0.29) is 6.42 Å². The second kappa shape index (κ2) is 9.00. The molecule has 5 heteroatoms. The number of rotatable bonds is 10. The Labute approximate surface area is 125 Å². The minimum absolute atomic E-state index is 0.202. The van der Waals surface area contributed by atoms with Crippen LogP contribution >= 0.6 is 0 Å². The summed E-state index contributed by atoms with van der Waals surface area (Å²) in [5, 5.41) is 9.13. The van der Waals surface area contributed by atoms with E-state index in [1.54, 1.807) is 24.3 Å². The number of benzene rings is 1. The topological polar surface area (TPSA) is 89.6 Å². The highest BCUT2D eigenvalue weighted by Gasteiger charge is 2.21. The fourth-order valence-electron chi connectivity index (χ4n) is 2.06. The van der Waals surface area contributed by atoms with Gasteiger partial charge in [0.2, 0.25) is 5.91 Å². The van der Waals surface area contributed by atoms with Crippen molar-refractivity contribution in [2.45, 2.75) is 44.9 Å². The third kappa shape index (κ3) is 6.29. The number of amides is 1. The summed E-state index contributed by atoms with van der Waals surface area (Å²) in [6, 6.07) is 6.80. The Morgan fingerprint density at radius 2 is 1.86 bits per heavy atom. The zero-order valence-corrected chi connectivity index (χ0v) is 12.4. The highest BCUT2D eigenvalue weighted by Crippen LogP contribution is 2.22. The van der Waals surface area contributed by atoms with Crippen molar-refractivity contribution in [3.05, 3.63) is 29.8 Å². The number of hydrogen-bond acceptors (Lipinski definition) is 3. The molecular formula is C16H23NO4. The lowest BCUT2D eigenvalue weighted by Gasteiger charge is -2.12. The molecule has 0 fully saturated rings. The lowest BCUT2D eigenvalue weighted by Crippen LogP contribution is -2.20. The lowest BCUT2D eigenvalue weighted by atomic mass is 9.95. The number of carbonyl (C=O) groups excluding carboxylic acids is 1. The average molecular weight is 293 g/mol. The van der Waals surface area contributed by atoms with Crippen LogP contribution in [0.3, 0.4) is 0 Å². The first-order valence-electron chi connectivity index (χ1n) is 7.28. The van der Waals surface area contributed by atoms with Gasteiger partial charge in [-0.2, -0.15) is 0 Å². The summed E-state index contributed by atoms with van der Waals surface area (Å²) in [6.07, 6.45) is 4.34. The number of primary amides is 1. The molecule has 0 saturated carbocycles. The fourth-order valence-corrected chi connectivity index (χ4v) is 2.06. The van der Waals surface area contributed by atoms with Gasteiger partial charge in [-0.3, -0.25) is 9.59 Å². The molecule has 0 saturated heterocycles. The fraction of sp³-hybridized carbons (Fsp3) is 0.500. The summed E-state index contributed by atoms with van der Waals surface area (Å²) in [4.78, 5) is 22.1. The molecule has 1 aromatic rings. The van der Waals surface area contributed by atoms with Gasteiger partial charge in [-0.05, 0) is 24.1 Å². The van der Waals surface area contributed by atoms with Crippen molar-refractivity contribution in [1.82, 2.24) is 0 Å². The molecule has 0 unspecified atom stereocenters.